The summed E-state index contributed by atoms with van der Waals surface area (Å²) in [6, 6.07) is 3.81. The maximum atomic E-state index is 9.08. The van der Waals surface area contributed by atoms with Crippen molar-refractivity contribution in [3.8, 4) is 0 Å². The maximum absolute atomic E-state index is 9.08. The second-order valence-electron chi connectivity index (χ2n) is 6.53. The predicted octanol–water partition coefficient (Wildman–Crippen LogP) is 3.53. The van der Waals surface area contributed by atoms with Crippen LogP contribution in [0.3, 0.4) is 0 Å². The molecule has 0 aliphatic heterocycles. The topological polar surface area (TPSA) is 42.4 Å². The van der Waals surface area contributed by atoms with Crippen molar-refractivity contribution in [1.29, 1.82) is 0 Å². The quantitative estimate of drug-likeness (QED) is 0.641. The van der Waals surface area contributed by atoms with Gasteiger partial charge in [0.1, 0.15) is 0 Å². The van der Waals surface area contributed by atoms with Gasteiger partial charge in [-0.25, -0.2) is 0 Å². The zero-order chi connectivity index (χ0) is 14.5. The molecule has 0 atom stereocenters. The lowest BCUT2D eigenvalue weighted by molar-refractivity contribution is 0.280. The van der Waals surface area contributed by atoms with Crippen molar-refractivity contribution < 1.29 is 9.53 Å². The van der Waals surface area contributed by atoms with Crippen LogP contribution in [-0.2, 0) is 17.5 Å². The molecule has 1 aromatic heterocycles. The molecule has 4 heteroatoms. The molecule has 0 fully saturated rings. The van der Waals surface area contributed by atoms with Gasteiger partial charge in [0.2, 0.25) is 0 Å². The first kappa shape index (κ1) is 16.3. The monoisotopic (exact) mass is 281 g/mol. The SMILES string of the molecule is CC(C)(C)[Si](C)(C)OCCCc1cc(CO)ccn1. The van der Waals surface area contributed by atoms with E-state index in [2.05, 4.69) is 38.8 Å². The lowest BCUT2D eigenvalue weighted by Gasteiger charge is -2.36. The van der Waals surface area contributed by atoms with E-state index in [1.807, 2.05) is 12.1 Å². The number of rotatable bonds is 6. The molecular weight excluding hydrogens is 254 g/mol. The Bertz CT molecular complexity index is 399. The Morgan fingerprint density at radius 3 is 2.58 bits per heavy atom. The van der Waals surface area contributed by atoms with Gasteiger partial charge >= 0.3 is 0 Å². The summed E-state index contributed by atoms with van der Waals surface area (Å²) in [5.41, 5.74) is 1.96. The second-order valence-corrected chi connectivity index (χ2v) is 11.3. The van der Waals surface area contributed by atoms with Crippen LogP contribution in [0.25, 0.3) is 0 Å². The predicted molar refractivity (Wildman–Crippen MR) is 81.6 cm³/mol. The van der Waals surface area contributed by atoms with Crippen molar-refractivity contribution in [3.63, 3.8) is 0 Å². The minimum Gasteiger partial charge on any atom is -0.417 e. The van der Waals surface area contributed by atoms with Gasteiger partial charge in [0.05, 0.1) is 6.61 Å². The van der Waals surface area contributed by atoms with E-state index in [1.165, 1.54) is 0 Å². The Labute approximate surface area is 118 Å². The molecule has 1 aromatic rings. The largest absolute Gasteiger partial charge is 0.417 e. The number of hydrogen-bond acceptors (Lipinski definition) is 3. The molecule has 0 aliphatic rings. The molecule has 0 saturated heterocycles. The van der Waals surface area contributed by atoms with E-state index in [1.54, 1.807) is 6.20 Å². The van der Waals surface area contributed by atoms with Gasteiger partial charge in [-0.3, -0.25) is 4.98 Å². The number of aliphatic hydroxyl groups excluding tert-OH is 1. The van der Waals surface area contributed by atoms with Crippen LogP contribution in [0, 0.1) is 0 Å². The van der Waals surface area contributed by atoms with Gasteiger partial charge < -0.3 is 9.53 Å². The molecular formula is C15H27NO2Si. The summed E-state index contributed by atoms with van der Waals surface area (Å²) in [5.74, 6) is 0. The van der Waals surface area contributed by atoms with Gasteiger partial charge in [0.15, 0.2) is 8.32 Å². The van der Waals surface area contributed by atoms with Crippen molar-refractivity contribution in [2.75, 3.05) is 6.61 Å². The van der Waals surface area contributed by atoms with Gasteiger partial charge in [0, 0.05) is 18.5 Å². The first-order valence-electron chi connectivity index (χ1n) is 6.95. The van der Waals surface area contributed by atoms with Gasteiger partial charge in [-0.2, -0.15) is 0 Å². The number of nitrogens with zero attached hydrogens (tertiary/aromatic N) is 1. The van der Waals surface area contributed by atoms with Gasteiger partial charge in [-0.05, 0) is 48.7 Å². The summed E-state index contributed by atoms with van der Waals surface area (Å²) in [4.78, 5) is 4.31. The van der Waals surface area contributed by atoms with Gasteiger partial charge in [-0.1, -0.05) is 20.8 Å². The molecule has 1 heterocycles. The summed E-state index contributed by atoms with van der Waals surface area (Å²) >= 11 is 0. The fraction of sp³-hybridized carbons (Fsp3) is 0.667. The molecule has 108 valence electrons. The summed E-state index contributed by atoms with van der Waals surface area (Å²) in [6.45, 7) is 12.2. The van der Waals surface area contributed by atoms with Crippen LogP contribution in [0.4, 0.5) is 0 Å². The average molecular weight is 281 g/mol. The molecule has 0 aromatic carbocycles. The molecule has 3 nitrogen and oxygen atoms in total. The number of pyridine rings is 1. The van der Waals surface area contributed by atoms with Crippen molar-refractivity contribution in [1.82, 2.24) is 4.98 Å². The smallest absolute Gasteiger partial charge is 0.191 e. The molecule has 0 amide bonds. The fourth-order valence-electron chi connectivity index (χ4n) is 1.56. The van der Waals surface area contributed by atoms with Gasteiger partial charge in [-0.15, -0.1) is 0 Å². The normalized spacial score (nSPS) is 12.7. The first-order chi connectivity index (χ1) is 8.76. The summed E-state index contributed by atoms with van der Waals surface area (Å²) in [7, 11) is -1.62. The van der Waals surface area contributed by atoms with E-state index in [0.717, 1.165) is 30.7 Å². The van der Waals surface area contributed by atoms with Crippen molar-refractivity contribution in [2.45, 2.75) is 58.4 Å². The number of hydrogen-bond donors (Lipinski definition) is 1. The number of aromatic nitrogens is 1. The highest BCUT2D eigenvalue weighted by atomic mass is 28.4. The summed E-state index contributed by atoms with van der Waals surface area (Å²) in [5, 5.41) is 9.35. The fourth-order valence-corrected chi connectivity index (χ4v) is 2.65. The number of aliphatic hydroxyl groups is 1. The van der Waals surface area contributed by atoms with Gasteiger partial charge in [0.25, 0.3) is 0 Å². The summed E-state index contributed by atoms with van der Waals surface area (Å²) in [6.07, 6.45) is 3.65. The molecule has 1 N–H and O–H groups in total. The van der Waals surface area contributed by atoms with Crippen molar-refractivity contribution in [2.24, 2.45) is 0 Å². The molecule has 19 heavy (non-hydrogen) atoms. The lowest BCUT2D eigenvalue weighted by atomic mass is 10.2. The molecule has 1 rings (SSSR count). The van der Waals surface area contributed by atoms with E-state index in [9.17, 15) is 0 Å². The standard InChI is InChI=1S/C15H27NO2Si/c1-15(2,3)19(4,5)18-10-6-7-14-11-13(12-17)8-9-16-14/h8-9,11,17H,6-7,10,12H2,1-5H3. The molecule has 0 aliphatic carbocycles. The van der Waals surface area contributed by atoms with E-state index < -0.39 is 8.32 Å². The van der Waals surface area contributed by atoms with Crippen LogP contribution in [0.5, 0.6) is 0 Å². The zero-order valence-corrected chi connectivity index (χ0v) is 13.9. The van der Waals surface area contributed by atoms with Crippen LogP contribution in [0.1, 0.15) is 38.4 Å². The molecule has 0 radical (unpaired) electrons. The Balaban J connectivity index is 2.39. The Morgan fingerprint density at radius 1 is 1.32 bits per heavy atom. The van der Waals surface area contributed by atoms with Crippen LogP contribution in [-0.4, -0.2) is 25.0 Å². The minimum atomic E-state index is -1.62. The van der Waals surface area contributed by atoms with E-state index >= 15 is 0 Å². The van der Waals surface area contributed by atoms with Crippen LogP contribution in [0.2, 0.25) is 18.1 Å². The van der Waals surface area contributed by atoms with Crippen molar-refractivity contribution in [3.05, 3.63) is 29.6 Å². The van der Waals surface area contributed by atoms with E-state index in [-0.39, 0.29) is 11.6 Å². The van der Waals surface area contributed by atoms with Crippen LogP contribution < -0.4 is 0 Å². The highest BCUT2D eigenvalue weighted by Gasteiger charge is 2.36. The first-order valence-corrected chi connectivity index (χ1v) is 9.86. The third kappa shape index (κ3) is 5.05. The molecule has 0 spiro atoms. The minimum absolute atomic E-state index is 0.0794. The van der Waals surface area contributed by atoms with E-state index in [4.69, 9.17) is 9.53 Å². The van der Waals surface area contributed by atoms with E-state index in [0.29, 0.717) is 0 Å². The van der Waals surface area contributed by atoms with Crippen LogP contribution in [0.15, 0.2) is 18.3 Å². The molecule has 0 bridgehead atoms. The third-order valence-electron chi connectivity index (χ3n) is 3.91. The molecule has 0 unspecified atom stereocenters. The Kier molecular flexibility index (Phi) is 5.71. The number of aryl methyl sites for hydroxylation is 1. The zero-order valence-electron chi connectivity index (χ0n) is 12.9. The maximum Gasteiger partial charge on any atom is 0.191 e. The lowest BCUT2D eigenvalue weighted by Crippen LogP contribution is -2.41. The Hall–Kier alpha value is -0.713. The highest BCUT2D eigenvalue weighted by molar-refractivity contribution is 6.74. The molecule has 0 saturated carbocycles. The Morgan fingerprint density at radius 2 is 2.00 bits per heavy atom. The highest BCUT2D eigenvalue weighted by Crippen LogP contribution is 2.36. The van der Waals surface area contributed by atoms with Crippen LogP contribution >= 0.6 is 0 Å². The summed E-state index contributed by atoms with van der Waals surface area (Å²) < 4.78 is 6.13. The average Bonchev–Trinajstić information content (AvgIpc) is 2.33. The van der Waals surface area contributed by atoms with Crippen molar-refractivity contribution >= 4 is 8.32 Å². The third-order valence-corrected chi connectivity index (χ3v) is 8.45. The second kappa shape index (κ2) is 6.64.